The van der Waals surface area contributed by atoms with Crippen LogP contribution >= 0.6 is 0 Å². The van der Waals surface area contributed by atoms with Gasteiger partial charge < -0.3 is 20.1 Å². The number of H-pyrrole nitrogens is 1. The Labute approximate surface area is 212 Å². The first-order valence-electron chi connectivity index (χ1n) is 12.8. The van der Waals surface area contributed by atoms with E-state index in [0.717, 1.165) is 64.3 Å². The largest absolute Gasteiger partial charge is 0.361 e. The van der Waals surface area contributed by atoms with Crippen molar-refractivity contribution in [1.82, 2.24) is 29.5 Å². The lowest BCUT2D eigenvalue weighted by molar-refractivity contribution is -0.114. The molecule has 4 aromatic rings. The van der Waals surface area contributed by atoms with Gasteiger partial charge in [-0.2, -0.15) is 5.10 Å². The monoisotopic (exact) mass is 485 g/mol. The van der Waals surface area contributed by atoms with Crippen LogP contribution in [0.25, 0.3) is 10.9 Å². The minimum absolute atomic E-state index is 0.0319. The molecule has 0 spiro atoms. The number of rotatable bonds is 10. The predicted octanol–water partition coefficient (Wildman–Crippen LogP) is 3.56. The van der Waals surface area contributed by atoms with Gasteiger partial charge in [-0.1, -0.05) is 18.2 Å². The van der Waals surface area contributed by atoms with Crippen molar-refractivity contribution in [2.24, 2.45) is 0 Å². The van der Waals surface area contributed by atoms with Crippen molar-refractivity contribution in [3.63, 3.8) is 0 Å². The van der Waals surface area contributed by atoms with Crippen LogP contribution in [0.4, 0.5) is 5.69 Å². The molecule has 1 fully saturated rings. The van der Waals surface area contributed by atoms with E-state index in [-0.39, 0.29) is 5.91 Å². The number of benzene rings is 2. The topological polar surface area (TPSA) is 82.1 Å². The van der Waals surface area contributed by atoms with Gasteiger partial charge in [0.2, 0.25) is 5.91 Å². The summed E-state index contributed by atoms with van der Waals surface area (Å²) in [7, 11) is 0. The maximum atomic E-state index is 11.2. The highest BCUT2D eigenvalue weighted by atomic mass is 16.1. The van der Waals surface area contributed by atoms with Crippen molar-refractivity contribution < 1.29 is 4.79 Å². The molecule has 1 amide bonds. The molecule has 5 rings (SSSR count). The number of aryl methyl sites for hydroxylation is 1. The lowest BCUT2D eigenvalue weighted by atomic mass is 10.1. The molecule has 0 unspecified atom stereocenters. The number of anilines is 1. The van der Waals surface area contributed by atoms with Crippen LogP contribution in [-0.2, 0) is 24.2 Å². The molecule has 3 heterocycles. The molecule has 0 radical (unpaired) electrons. The van der Waals surface area contributed by atoms with Crippen LogP contribution in [0.5, 0.6) is 0 Å². The molecule has 0 saturated carbocycles. The minimum Gasteiger partial charge on any atom is -0.361 e. The summed E-state index contributed by atoms with van der Waals surface area (Å²) in [6.07, 6.45) is 8.80. The number of carbonyl (C=O) groups is 1. The van der Waals surface area contributed by atoms with Crippen LogP contribution in [0.15, 0.2) is 61.3 Å². The molecule has 1 aliphatic heterocycles. The van der Waals surface area contributed by atoms with Crippen molar-refractivity contribution in [2.45, 2.75) is 32.7 Å². The van der Waals surface area contributed by atoms with E-state index in [2.05, 4.69) is 66.7 Å². The van der Waals surface area contributed by atoms with E-state index in [1.807, 2.05) is 16.8 Å². The Morgan fingerprint density at radius 2 is 1.72 bits per heavy atom. The summed E-state index contributed by atoms with van der Waals surface area (Å²) in [5.41, 5.74) is 6.02. The Bertz CT molecular complexity index is 1260. The van der Waals surface area contributed by atoms with Crippen LogP contribution < -0.4 is 5.32 Å². The summed E-state index contributed by atoms with van der Waals surface area (Å²) < 4.78 is 1.86. The Morgan fingerprint density at radius 1 is 0.972 bits per heavy atom. The van der Waals surface area contributed by atoms with E-state index in [1.165, 1.54) is 40.9 Å². The van der Waals surface area contributed by atoms with Gasteiger partial charge >= 0.3 is 0 Å². The van der Waals surface area contributed by atoms with Gasteiger partial charge in [0.25, 0.3) is 0 Å². The van der Waals surface area contributed by atoms with Gasteiger partial charge in [0.1, 0.15) is 12.7 Å². The zero-order valence-electron chi connectivity index (χ0n) is 21.0. The number of fused-ring (bicyclic) bond motifs is 1. The minimum atomic E-state index is -0.0319. The molecule has 36 heavy (non-hydrogen) atoms. The fourth-order valence-corrected chi connectivity index (χ4v) is 5.01. The van der Waals surface area contributed by atoms with Crippen molar-refractivity contribution >= 4 is 22.5 Å². The third-order valence-electron chi connectivity index (χ3n) is 7.02. The first-order valence-corrected chi connectivity index (χ1v) is 12.8. The van der Waals surface area contributed by atoms with Crippen molar-refractivity contribution in [3.8, 4) is 0 Å². The maximum Gasteiger partial charge on any atom is 0.221 e. The summed E-state index contributed by atoms with van der Waals surface area (Å²) in [6, 6.07) is 14.8. The number of nitrogens with one attached hydrogen (secondary N) is 2. The maximum absolute atomic E-state index is 11.2. The molecule has 2 aromatic carbocycles. The first-order chi connectivity index (χ1) is 17.6. The summed E-state index contributed by atoms with van der Waals surface area (Å²) >= 11 is 0. The van der Waals surface area contributed by atoms with Crippen LogP contribution in [0.1, 0.15) is 30.0 Å². The van der Waals surface area contributed by atoms with E-state index in [9.17, 15) is 4.79 Å². The highest BCUT2D eigenvalue weighted by Crippen LogP contribution is 2.22. The van der Waals surface area contributed by atoms with Gasteiger partial charge in [-0.15, -0.1) is 0 Å². The Kier molecular flexibility index (Phi) is 7.73. The van der Waals surface area contributed by atoms with E-state index in [0.29, 0.717) is 0 Å². The van der Waals surface area contributed by atoms with E-state index in [4.69, 9.17) is 0 Å². The number of carbonyl (C=O) groups excluding carboxylic acids is 1. The van der Waals surface area contributed by atoms with Crippen LogP contribution in [0.3, 0.4) is 0 Å². The smallest absolute Gasteiger partial charge is 0.221 e. The summed E-state index contributed by atoms with van der Waals surface area (Å²) in [5.74, 6) is -0.0319. The molecule has 0 atom stereocenters. The third kappa shape index (κ3) is 6.38. The SMILES string of the molecule is CC(=O)Nc1ccc(CCN2CCN(CCCc3c[nH]c4ccc(Cn5cncn5)cc34)CC2)cc1. The molecule has 188 valence electrons. The molecule has 0 aliphatic carbocycles. The Hall–Kier alpha value is -3.49. The number of aromatic amines is 1. The predicted molar refractivity (Wildman–Crippen MR) is 143 cm³/mol. The van der Waals surface area contributed by atoms with E-state index in [1.54, 1.807) is 12.7 Å². The summed E-state index contributed by atoms with van der Waals surface area (Å²) in [4.78, 5) is 23.8. The number of amides is 1. The van der Waals surface area contributed by atoms with Gasteiger partial charge in [-0.05, 0) is 66.8 Å². The Morgan fingerprint density at radius 3 is 2.44 bits per heavy atom. The third-order valence-corrected chi connectivity index (χ3v) is 7.02. The van der Waals surface area contributed by atoms with Gasteiger partial charge in [0.15, 0.2) is 0 Å². The highest BCUT2D eigenvalue weighted by molar-refractivity contribution is 5.88. The molecule has 2 aromatic heterocycles. The summed E-state index contributed by atoms with van der Waals surface area (Å²) in [5, 5.41) is 8.37. The van der Waals surface area contributed by atoms with Crippen molar-refractivity contribution in [2.75, 3.05) is 44.6 Å². The molecule has 1 aliphatic rings. The lowest BCUT2D eigenvalue weighted by Crippen LogP contribution is -2.47. The normalized spacial score (nSPS) is 14.9. The molecule has 0 bridgehead atoms. The zero-order chi connectivity index (χ0) is 24.7. The quantitative estimate of drug-likeness (QED) is 0.359. The lowest BCUT2D eigenvalue weighted by Gasteiger charge is -2.34. The number of piperazine rings is 1. The standard InChI is InChI=1S/C28H35N7O/c1-22(36)32-26-7-4-23(5-8-26)10-12-34-15-13-33(14-16-34)11-2-3-25-18-30-28-9-6-24(17-27(25)28)19-35-21-29-20-31-35/h4-9,17-18,20-21,30H,2-3,10-16,19H2,1H3,(H,32,36). The Balaban J connectivity index is 1.04. The van der Waals surface area contributed by atoms with Gasteiger partial charge in [-0.25, -0.2) is 9.67 Å². The van der Waals surface area contributed by atoms with Crippen molar-refractivity contribution in [3.05, 3.63) is 78.0 Å². The van der Waals surface area contributed by atoms with Crippen LogP contribution in [-0.4, -0.2) is 74.7 Å². The summed E-state index contributed by atoms with van der Waals surface area (Å²) in [6.45, 7) is 9.03. The van der Waals surface area contributed by atoms with Crippen molar-refractivity contribution in [1.29, 1.82) is 0 Å². The number of nitrogens with zero attached hydrogens (tertiary/aromatic N) is 5. The number of hydrogen-bond acceptors (Lipinski definition) is 5. The fraction of sp³-hybridized carbons (Fsp3) is 0.393. The highest BCUT2D eigenvalue weighted by Gasteiger charge is 2.16. The number of hydrogen-bond donors (Lipinski definition) is 2. The van der Waals surface area contributed by atoms with Gasteiger partial charge in [-0.3, -0.25) is 4.79 Å². The van der Waals surface area contributed by atoms with Gasteiger partial charge in [0, 0.05) is 62.4 Å². The first kappa shape index (κ1) is 24.2. The molecule has 8 nitrogen and oxygen atoms in total. The number of aromatic nitrogens is 4. The zero-order valence-corrected chi connectivity index (χ0v) is 21.0. The molecular formula is C28H35N7O. The van der Waals surface area contributed by atoms with Gasteiger partial charge in [0.05, 0.1) is 6.54 Å². The van der Waals surface area contributed by atoms with Crippen LogP contribution in [0, 0.1) is 0 Å². The average molecular weight is 486 g/mol. The second kappa shape index (κ2) is 11.5. The van der Waals surface area contributed by atoms with E-state index < -0.39 is 0 Å². The second-order valence-corrected chi connectivity index (χ2v) is 9.70. The average Bonchev–Trinajstić information content (AvgIpc) is 3.54. The fourth-order valence-electron chi connectivity index (χ4n) is 5.01. The molecular weight excluding hydrogens is 450 g/mol. The van der Waals surface area contributed by atoms with E-state index >= 15 is 0 Å². The second-order valence-electron chi connectivity index (χ2n) is 9.70. The molecule has 8 heteroatoms. The van der Waals surface area contributed by atoms with Crippen LogP contribution in [0.2, 0.25) is 0 Å². The molecule has 1 saturated heterocycles. The molecule has 2 N–H and O–H groups in total.